The molecule has 0 aliphatic rings. The fourth-order valence-electron chi connectivity index (χ4n) is 1.59. The summed E-state index contributed by atoms with van der Waals surface area (Å²) in [6.45, 7) is 1.75. The van der Waals surface area contributed by atoms with Crippen LogP contribution >= 0.6 is 0 Å². The van der Waals surface area contributed by atoms with Crippen LogP contribution < -0.4 is 5.32 Å². The molecule has 1 heterocycles. The quantitative estimate of drug-likeness (QED) is 0.719. The molecule has 0 spiro atoms. The van der Waals surface area contributed by atoms with Crippen molar-refractivity contribution in [2.75, 3.05) is 27.2 Å². The van der Waals surface area contributed by atoms with Crippen LogP contribution in [0.1, 0.15) is 18.5 Å². The van der Waals surface area contributed by atoms with Crippen molar-refractivity contribution in [2.24, 2.45) is 0 Å². The number of aryl methyl sites for hydroxylation is 1. The van der Waals surface area contributed by atoms with Crippen LogP contribution in [0.5, 0.6) is 0 Å². The van der Waals surface area contributed by atoms with Crippen LogP contribution in [-0.4, -0.2) is 43.0 Å². The van der Waals surface area contributed by atoms with Crippen molar-refractivity contribution in [3.05, 3.63) is 30.1 Å². The summed E-state index contributed by atoms with van der Waals surface area (Å²) in [5.41, 5.74) is 0.976. The summed E-state index contributed by atoms with van der Waals surface area (Å²) >= 11 is 0. The minimum Gasteiger partial charge on any atom is -0.346 e. The molecule has 0 atom stereocenters. The minimum absolute atomic E-state index is 0.187. The van der Waals surface area contributed by atoms with Gasteiger partial charge in [0.1, 0.15) is 0 Å². The van der Waals surface area contributed by atoms with E-state index in [9.17, 15) is 4.79 Å². The van der Waals surface area contributed by atoms with Gasteiger partial charge in [-0.05, 0) is 38.6 Å². The zero-order chi connectivity index (χ0) is 12.5. The Labute approximate surface area is 103 Å². The highest BCUT2D eigenvalue weighted by Crippen LogP contribution is 2.01. The van der Waals surface area contributed by atoms with Gasteiger partial charge in [-0.25, -0.2) is 0 Å². The van der Waals surface area contributed by atoms with E-state index in [-0.39, 0.29) is 5.91 Å². The first kappa shape index (κ1) is 13.6. The molecular formula is C13H21N3O. The van der Waals surface area contributed by atoms with Gasteiger partial charge in [-0.2, -0.15) is 0 Å². The number of pyridine rings is 1. The summed E-state index contributed by atoms with van der Waals surface area (Å²) in [6, 6.07) is 5.78. The molecule has 0 aromatic carbocycles. The predicted molar refractivity (Wildman–Crippen MR) is 68.7 cm³/mol. The van der Waals surface area contributed by atoms with E-state index in [1.807, 2.05) is 32.3 Å². The van der Waals surface area contributed by atoms with Gasteiger partial charge in [0.15, 0.2) is 0 Å². The number of nitrogens with zero attached hydrogens (tertiary/aromatic N) is 2. The monoisotopic (exact) mass is 235 g/mol. The molecule has 0 aliphatic heterocycles. The van der Waals surface area contributed by atoms with Crippen LogP contribution in [0.25, 0.3) is 0 Å². The number of hydrogen-bond acceptors (Lipinski definition) is 3. The molecule has 1 amide bonds. The molecule has 0 radical (unpaired) electrons. The van der Waals surface area contributed by atoms with Crippen molar-refractivity contribution in [3.63, 3.8) is 0 Å². The molecular weight excluding hydrogens is 214 g/mol. The fraction of sp³-hybridized carbons (Fsp3) is 0.538. The van der Waals surface area contributed by atoms with Gasteiger partial charge >= 0.3 is 0 Å². The Balaban J connectivity index is 2.24. The number of hydrogen-bond donors (Lipinski definition) is 1. The molecule has 4 nitrogen and oxygen atoms in total. The van der Waals surface area contributed by atoms with Gasteiger partial charge in [0, 0.05) is 31.9 Å². The van der Waals surface area contributed by atoms with E-state index in [4.69, 9.17) is 0 Å². The van der Waals surface area contributed by atoms with Crippen LogP contribution in [0.3, 0.4) is 0 Å². The van der Waals surface area contributed by atoms with E-state index in [2.05, 4.69) is 10.3 Å². The SMILES string of the molecule is CNCCCN(C)C(=O)CCc1ccccn1. The second-order valence-electron chi connectivity index (χ2n) is 4.09. The summed E-state index contributed by atoms with van der Waals surface area (Å²) in [4.78, 5) is 17.8. The van der Waals surface area contributed by atoms with E-state index in [0.29, 0.717) is 6.42 Å². The average molecular weight is 235 g/mol. The number of carbonyl (C=O) groups excluding carboxylic acids is 1. The minimum atomic E-state index is 0.187. The molecule has 1 aromatic rings. The van der Waals surface area contributed by atoms with E-state index in [0.717, 1.165) is 31.6 Å². The molecule has 4 heteroatoms. The number of carbonyl (C=O) groups is 1. The molecule has 0 bridgehead atoms. The van der Waals surface area contributed by atoms with Crippen molar-refractivity contribution in [3.8, 4) is 0 Å². The molecule has 0 saturated carbocycles. The largest absolute Gasteiger partial charge is 0.346 e. The molecule has 0 saturated heterocycles. The van der Waals surface area contributed by atoms with Gasteiger partial charge in [-0.1, -0.05) is 6.07 Å². The third kappa shape index (κ3) is 5.45. The van der Waals surface area contributed by atoms with E-state index in [1.54, 1.807) is 11.1 Å². The summed E-state index contributed by atoms with van der Waals surface area (Å²) < 4.78 is 0. The van der Waals surface area contributed by atoms with E-state index >= 15 is 0 Å². The molecule has 94 valence electrons. The Morgan fingerprint density at radius 2 is 2.29 bits per heavy atom. The Bertz CT molecular complexity index is 327. The molecule has 0 aliphatic carbocycles. The van der Waals surface area contributed by atoms with Gasteiger partial charge in [-0.15, -0.1) is 0 Å². The normalized spacial score (nSPS) is 10.2. The highest BCUT2D eigenvalue weighted by molar-refractivity contribution is 5.76. The average Bonchev–Trinajstić information content (AvgIpc) is 2.37. The number of amides is 1. The van der Waals surface area contributed by atoms with Crippen LogP contribution in [-0.2, 0) is 11.2 Å². The lowest BCUT2D eigenvalue weighted by atomic mass is 10.2. The van der Waals surface area contributed by atoms with Crippen molar-refractivity contribution in [1.29, 1.82) is 0 Å². The fourth-order valence-corrected chi connectivity index (χ4v) is 1.59. The first-order chi connectivity index (χ1) is 8.24. The summed E-state index contributed by atoms with van der Waals surface area (Å²) in [7, 11) is 3.78. The summed E-state index contributed by atoms with van der Waals surface area (Å²) in [5.74, 6) is 0.187. The predicted octanol–water partition coefficient (Wildman–Crippen LogP) is 1.08. The maximum absolute atomic E-state index is 11.8. The number of aromatic nitrogens is 1. The van der Waals surface area contributed by atoms with Crippen LogP contribution in [0.4, 0.5) is 0 Å². The van der Waals surface area contributed by atoms with E-state index < -0.39 is 0 Å². The molecule has 1 N–H and O–H groups in total. The van der Waals surface area contributed by atoms with Gasteiger partial charge in [0.25, 0.3) is 0 Å². The molecule has 1 aromatic heterocycles. The van der Waals surface area contributed by atoms with Crippen molar-refractivity contribution in [1.82, 2.24) is 15.2 Å². The molecule has 0 fully saturated rings. The third-order valence-electron chi connectivity index (χ3n) is 2.67. The maximum Gasteiger partial charge on any atom is 0.222 e. The molecule has 0 unspecified atom stereocenters. The smallest absolute Gasteiger partial charge is 0.222 e. The van der Waals surface area contributed by atoms with Gasteiger partial charge in [0.05, 0.1) is 0 Å². The number of rotatable bonds is 7. The number of nitrogens with one attached hydrogen (secondary N) is 1. The zero-order valence-electron chi connectivity index (χ0n) is 10.6. The lowest BCUT2D eigenvalue weighted by Crippen LogP contribution is -2.29. The Morgan fingerprint density at radius 3 is 2.94 bits per heavy atom. The summed E-state index contributed by atoms with van der Waals surface area (Å²) in [5, 5.41) is 3.07. The van der Waals surface area contributed by atoms with Crippen molar-refractivity contribution >= 4 is 5.91 Å². The highest BCUT2D eigenvalue weighted by atomic mass is 16.2. The van der Waals surface area contributed by atoms with Gasteiger partial charge in [0.2, 0.25) is 5.91 Å². The first-order valence-electron chi connectivity index (χ1n) is 6.02. The third-order valence-corrected chi connectivity index (χ3v) is 2.67. The Kier molecular flexibility index (Phi) is 6.25. The van der Waals surface area contributed by atoms with Crippen LogP contribution in [0.2, 0.25) is 0 Å². The van der Waals surface area contributed by atoms with Gasteiger partial charge in [-0.3, -0.25) is 9.78 Å². The Morgan fingerprint density at radius 1 is 1.47 bits per heavy atom. The second kappa shape index (κ2) is 7.79. The topological polar surface area (TPSA) is 45.2 Å². The Hall–Kier alpha value is -1.42. The van der Waals surface area contributed by atoms with E-state index in [1.165, 1.54) is 0 Å². The maximum atomic E-state index is 11.8. The van der Waals surface area contributed by atoms with Crippen molar-refractivity contribution in [2.45, 2.75) is 19.3 Å². The molecule has 1 rings (SSSR count). The highest BCUT2D eigenvalue weighted by Gasteiger charge is 2.08. The van der Waals surface area contributed by atoms with Crippen molar-refractivity contribution < 1.29 is 4.79 Å². The van der Waals surface area contributed by atoms with Crippen LogP contribution in [0, 0.1) is 0 Å². The standard InChI is InChI=1S/C13H21N3O/c1-14-9-5-11-16(2)13(17)8-7-12-6-3-4-10-15-12/h3-4,6,10,14H,5,7-9,11H2,1-2H3. The zero-order valence-corrected chi connectivity index (χ0v) is 10.6. The van der Waals surface area contributed by atoms with Crippen LogP contribution in [0.15, 0.2) is 24.4 Å². The lowest BCUT2D eigenvalue weighted by molar-refractivity contribution is -0.129. The second-order valence-corrected chi connectivity index (χ2v) is 4.09. The lowest BCUT2D eigenvalue weighted by Gasteiger charge is -2.16. The summed E-state index contributed by atoms with van der Waals surface area (Å²) in [6.07, 6.45) is 4.00. The first-order valence-corrected chi connectivity index (χ1v) is 6.02. The van der Waals surface area contributed by atoms with Gasteiger partial charge < -0.3 is 10.2 Å². The molecule has 17 heavy (non-hydrogen) atoms.